The highest BCUT2D eigenvalue weighted by Gasteiger charge is 2.10. The van der Waals surface area contributed by atoms with E-state index in [1.54, 1.807) is 24.3 Å². The van der Waals surface area contributed by atoms with Crippen LogP contribution in [0.3, 0.4) is 0 Å². The van der Waals surface area contributed by atoms with Gasteiger partial charge in [-0.2, -0.15) is 4.98 Å². The Balaban J connectivity index is 1.98. The fraction of sp³-hybridized carbons (Fsp3) is 0.214. The molecule has 21 heavy (non-hydrogen) atoms. The van der Waals surface area contributed by atoms with Crippen LogP contribution in [0.25, 0.3) is 0 Å². The zero-order chi connectivity index (χ0) is 15.2. The van der Waals surface area contributed by atoms with Crippen molar-refractivity contribution in [2.75, 3.05) is 0 Å². The summed E-state index contributed by atoms with van der Waals surface area (Å²) < 4.78 is 1.15. The van der Waals surface area contributed by atoms with Crippen molar-refractivity contribution in [3.8, 4) is 0 Å². The number of nitrogens with zero attached hydrogens (tertiary/aromatic N) is 3. The molecule has 0 aliphatic heterocycles. The van der Waals surface area contributed by atoms with Crippen LogP contribution in [0.4, 0.5) is 5.69 Å². The summed E-state index contributed by atoms with van der Waals surface area (Å²) in [6.45, 7) is 0.214. The maximum atomic E-state index is 11.9. The van der Waals surface area contributed by atoms with Gasteiger partial charge in [-0.1, -0.05) is 30.3 Å². The van der Waals surface area contributed by atoms with Gasteiger partial charge in [-0.25, -0.2) is 4.79 Å². The molecule has 0 saturated carbocycles. The molecule has 0 bridgehead atoms. The third kappa shape index (κ3) is 3.82. The third-order valence-corrected chi connectivity index (χ3v) is 2.95. The van der Waals surface area contributed by atoms with Crippen molar-refractivity contribution in [3.05, 3.63) is 68.9 Å². The first-order chi connectivity index (χ1) is 10.1. The van der Waals surface area contributed by atoms with E-state index in [2.05, 4.69) is 4.98 Å². The molecule has 0 N–H and O–H groups in total. The van der Waals surface area contributed by atoms with E-state index in [-0.39, 0.29) is 24.4 Å². The molecule has 2 rings (SSSR count). The maximum absolute atomic E-state index is 11.9. The zero-order valence-corrected chi connectivity index (χ0v) is 11.1. The van der Waals surface area contributed by atoms with Gasteiger partial charge < -0.3 is 0 Å². The first kappa shape index (κ1) is 14.6. The molecule has 0 amide bonds. The van der Waals surface area contributed by atoms with Crippen LogP contribution >= 0.6 is 0 Å². The van der Waals surface area contributed by atoms with Gasteiger partial charge in [0.1, 0.15) is 6.20 Å². The van der Waals surface area contributed by atoms with Gasteiger partial charge in [0.2, 0.25) is 0 Å². The smallest absolute Gasteiger partial charge is 0.294 e. The van der Waals surface area contributed by atoms with Gasteiger partial charge >= 0.3 is 11.4 Å². The molecular formula is C14H13N3O4. The standard InChI is InChI=1S/C14H13N3O4/c18-13(11-5-2-1-3-6-11)7-4-8-16-10-12(17(20)21)9-15-14(16)19/h1-3,5-6,9-10H,4,7-8H2. The van der Waals surface area contributed by atoms with E-state index >= 15 is 0 Å². The lowest BCUT2D eigenvalue weighted by atomic mass is 10.1. The van der Waals surface area contributed by atoms with E-state index < -0.39 is 10.6 Å². The van der Waals surface area contributed by atoms with Crippen LogP contribution in [0.1, 0.15) is 23.2 Å². The van der Waals surface area contributed by atoms with Gasteiger partial charge in [-0.05, 0) is 6.42 Å². The van der Waals surface area contributed by atoms with Crippen molar-refractivity contribution in [3.63, 3.8) is 0 Å². The minimum Gasteiger partial charge on any atom is -0.294 e. The lowest BCUT2D eigenvalue weighted by molar-refractivity contribution is -0.385. The van der Waals surface area contributed by atoms with Crippen molar-refractivity contribution in [2.24, 2.45) is 0 Å². The van der Waals surface area contributed by atoms with Crippen LogP contribution < -0.4 is 5.69 Å². The number of aromatic nitrogens is 2. The molecule has 0 aliphatic carbocycles. The molecule has 2 aromatic rings. The molecule has 0 spiro atoms. The fourth-order valence-corrected chi connectivity index (χ4v) is 1.88. The van der Waals surface area contributed by atoms with Crippen LogP contribution in [0.5, 0.6) is 0 Å². The van der Waals surface area contributed by atoms with E-state index in [1.807, 2.05) is 6.07 Å². The lowest BCUT2D eigenvalue weighted by Gasteiger charge is -2.04. The van der Waals surface area contributed by atoms with Gasteiger partial charge in [0.15, 0.2) is 5.78 Å². The van der Waals surface area contributed by atoms with Gasteiger partial charge in [-0.15, -0.1) is 0 Å². The number of rotatable bonds is 6. The van der Waals surface area contributed by atoms with Crippen molar-refractivity contribution < 1.29 is 9.72 Å². The predicted molar refractivity (Wildman–Crippen MR) is 75.2 cm³/mol. The average molecular weight is 287 g/mol. The van der Waals surface area contributed by atoms with Crippen molar-refractivity contribution in [1.82, 2.24) is 9.55 Å². The Morgan fingerprint density at radius 1 is 1.29 bits per heavy atom. The van der Waals surface area contributed by atoms with E-state index in [4.69, 9.17) is 0 Å². The summed E-state index contributed by atoms with van der Waals surface area (Å²) >= 11 is 0. The second-order valence-electron chi connectivity index (χ2n) is 4.44. The Morgan fingerprint density at radius 2 is 2.00 bits per heavy atom. The topological polar surface area (TPSA) is 95.1 Å². The molecular weight excluding hydrogens is 274 g/mol. The summed E-state index contributed by atoms with van der Waals surface area (Å²) in [4.78, 5) is 36.8. The summed E-state index contributed by atoms with van der Waals surface area (Å²) in [5.74, 6) is -0.0259. The molecule has 7 heteroatoms. The van der Waals surface area contributed by atoms with E-state index in [0.717, 1.165) is 17.0 Å². The van der Waals surface area contributed by atoms with Crippen LogP contribution in [-0.4, -0.2) is 20.3 Å². The van der Waals surface area contributed by atoms with E-state index in [1.165, 1.54) is 0 Å². The molecule has 0 atom stereocenters. The fourth-order valence-electron chi connectivity index (χ4n) is 1.88. The van der Waals surface area contributed by atoms with Gasteiger partial charge in [0.05, 0.1) is 11.1 Å². The molecule has 1 heterocycles. The zero-order valence-electron chi connectivity index (χ0n) is 11.1. The largest absolute Gasteiger partial charge is 0.347 e. The lowest BCUT2D eigenvalue weighted by Crippen LogP contribution is -2.22. The Hall–Kier alpha value is -2.83. The number of nitro groups is 1. The predicted octanol–water partition coefficient (Wildman–Crippen LogP) is 1.81. The molecule has 1 aromatic carbocycles. The second-order valence-corrected chi connectivity index (χ2v) is 4.44. The number of aryl methyl sites for hydroxylation is 1. The Kier molecular flexibility index (Phi) is 4.55. The van der Waals surface area contributed by atoms with Crippen molar-refractivity contribution in [1.29, 1.82) is 0 Å². The minimum absolute atomic E-state index is 0.0259. The van der Waals surface area contributed by atoms with Gasteiger partial charge in [0.25, 0.3) is 0 Å². The van der Waals surface area contributed by atoms with Gasteiger partial charge in [-0.3, -0.25) is 19.5 Å². The van der Waals surface area contributed by atoms with Crippen LogP contribution in [0, 0.1) is 10.1 Å². The molecule has 0 radical (unpaired) electrons. The molecule has 7 nitrogen and oxygen atoms in total. The summed E-state index contributed by atoms with van der Waals surface area (Å²) in [6.07, 6.45) is 2.74. The van der Waals surface area contributed by atoms with Crippen molar-refractivity contribution >= 4 is 11.5 Å². The monoisotopic (exact) mass is 287 g/mol. The van der Waals surface area contributed by atoms with E-state index in [0.29, 0.717) is 12.0 Å². The molecule has 0 fully saturated rings. The molecule has 0 saturated heterocycles. The van der Waals surface area contributed by atoms with Crippen LogP contribution in [0.2, 0.25) is 0 Å². The highest BCUT2D eigenvalue weighted by molar-refractivity contribution is 5.95. The number of benzene rings is 1. The summed E-state index contributed by atoms with van der Waals surface area (Å²) in [6, 6.07) is 8.84. The first-order valence-electron chi connectivity index (χ1n) is 6.37. The number of hydrogen-bond donors (Lipinski definition) is 0. The second kappa shape index (κ2) is 6.56. The van der Waals surface area contributed by atoms with E-state index in [9.17, 15) is 19.7 Å². The molecule has 0 unspecified atom stereocenters. The number of carbonyl (C=O) groups excluding carboxylic acids is 1. The highest BCUT2D eigenvalue weighted by Crippen LogP contribution is 2.08. The molecule has 1 aromatic heterocycles. The van der Waals surface area contributed by atoms with Crippen LogP contribution in [-0.2, 0) is 6.54 Å². The first-order valence-corrected chi connectivity index (χ1v) is 6.37. The van der Waals surface area contributed by atoms with Crippen LogP contribution in [0.15, 0.2) is 47.5 Å². The third-order valence-electron chi connectivity index (χ3n) is 2.95. The molecule has 0 aliphatic rings. The minimum atomic E-state index is -0.613. The Morgan fingerprint density at radius 3 is 2.67 bits per heavy atom. The van der Waals surface area contributed by atoms with Gasteiger partial charge in [0, 0.05) is 18.5 Å². The van der Waals surface area contributed by atoms with Crippen molar-refractivity contribution in [2.45, 2.75) is 19.4 Å². The highest BCUT2D eigenvalue weighted by atomic mass is 16.6. The number of hydrogen-bond acceptors (Lipinski definition) is 5. The normalized spacial score (nSPS) is 10.3. The summed E-state index contributed by atoms with van der Waals surface area (Å²) in [5, 5.41) is 10.6. The summed E-state index contributed by atoms with van der Waals surface area (Å²) in [7, 11) is 0. The Bertz CT molecular complexity index is 710. The number of ketones is 1. The Labute approximate surface area is 120 Å². The maximum Gasteiger partial charge on any atom is 0.347 e. The molecule has 108 valence electrons. The number of carbonyl (C=O) groups is 1. The quantitative estimate of drug-likeness (QED) is 0.458. The SMILES string of the molecule is O=C(CCCn1cc([N+](=O)[O-])cnc1=O)c1ccccc1. The average Bonchev–Trinajstić information content (AvgIpc) is 2.49. The summed E-state index contributed by atoms with van der Waals surface area (Å²) in [5.41, 5.74) is -0.196. The number of Topliss-reactive ketones (excluding diaryl/α,β-unsaturated/α-hetero) is 1.